The van der Waals surface area contributed by atoms with Gasteiger partial charge in [-0.15, -0.1) is 0 Å². The number of nitrogens with zero attached hydrogens (tertiary/aromatic N) is 6. The Balaban J connectivity index is 1.51. The minimum Gasteiger partial charge on any atom is -0.468 e. The fourth-order valence-electron chi connectivity index (χ4n) is 4.21. The van der Waals surface area contributed by atoms with Gasteiger partial charge in [-0.2, -0.15) is 18.3 Å². The Kier molecular flexibility index (Phi) is 6.93. The Bertz CT molecular complexity index is 1480. The summed E-state index contributed by atoms with van der Waals surface area (Å²) in [6.07, 6.45) is 3.42. The Labute approximate surface area is 216 Å². The number of carbonyl (C=O) groups excluding carboxylic acids is 1. The SMILES string of the molecule is O=C(Nc1nc(-c2ccc(OCC(F)(F)F)nc2)nc2c1cnn2C1CCCCC1)c1ccc([N+](=O)[O-])s1. The molecule has 11 nitrogen and oxygen atoms in total. The number of nitro groups is 1. The van der Waals surface area contributed by atoms with Gasteiger partial charge < -0.3 is 10.1 Å². The molecule has 0 unspecified atom stereocenters. The topological polar surface area (TPSA) is 138 Å². The second kappa shape index (κ2) is 10.3. The number of fused-ring (bicyclic) bond motifs is 1. The van der Waals surface area contributed by atoms with E-state index in [1.807, 2.05) is 0 Å². The van der Waals surface area contributed by atoms with Gasteiger partial charge in [0.1, 0.15) is 5.82 Å². The summed E-state index contributed by atoms with van der Waals surface area (Å²) in [5.74, 6) is -0.497. The Morgan fingerprint density at radius 3 is 2.61 bits per heavy atom. The molecule has 1 fully saturated rings. The number of hydrogen-bond acceptors (Lipinski definition) is 9. The Hall–Kier alpha value is -4.14. The molecule has 0 spiro atoms. The lowest BCUT2D eigenvalue weighted by Gasteiger charge is -2.22. The van der Waals surface area contributed by atoms with Crippen LogP contribution in [-0.2, 0) is 0 Å². The van der Waals surface area contributed by atoms with Gasteiger partial charge in [-0.3, -0.25) is 14.9 Å². The van der Waals surface area contributed by atoms with Crippen LogP contribution in [0.2, 0.25) is 0 Å². The summed E-state index contributed by atoms with van der Waals surface area (Å²) < 4.78 is 43.8. The first kappa shape index (κ1) is 25.5. The summed E-state index contributed by atoms with van der Waals surface area (Å²) >= 11 is 0.731. The number of rotatable bonds is 7. The average Bonchev–Trinajstić information content (AvgIpc) is 3.56. The fraction of sp³-hybridized carbons (Fsp3) is 0.348. The Morgan fingerprint density at radius 2 is 1.95 bits per heavy atom. The number of pyridine rings is 1. The van der Waals surface area contributed by atoms with Gasteiger partial charge in [0.25, 0.3) is 5.91 Å². The van der Waals surface area contributed by atoms with Crippen molar-refractivity contribution in [1.82, 2.24) is 24.7 Å². The van der Waals surface area contributed by atoms with E-state index in [4.69, 9.17) is 0 Å². The molecule has 0 aliphatic heterocycles. The van der Waals surface area contributed by atoms with Gasteiger partial charge in [0, 0.05) is 23.9 Å². The number of anilines is 1. The second-order valence-electron chi connectivity index (χ2n) is 8.65. The zero-order valence-electron chi connectivity index (χ0n) is 19.6. The maximum absolute atomic E-state index is 12.9. The predicted molar refractivity (Wildman–Crippen MR) is 131 cm³/mol. The first-order valence-electron chi connectivity index (χ1n) is 11.6. The molecule has 1 N–H and O–H groups in total. The van der Waals surface area contributed by atoms with Crippen molar-refractivity contribution in [2.24, 2.45) is 0 Å². The standard InChI is InChI=1S/C23H20F3N7O4S/c24-23(25,26)12-37-17-8-6-13(10-27-17)19-29-20(31-22(34)16-7-9-18(38-16)33(35)36)15-11-28-32(21(15)30-19)14-4-2-1-3-5-14/h6-11,14H,1-5,12H2,(H,29,30,31,34). The maximum atomic E-state index is 12.9. The van der Waals surface area contributed by atoms with Crippen LogP contribution in [-0.4, -0.2) is 48.3 Å². The van der Waals surface area contributed by atoms with Crippen LogP contribution < -0.4 is 10.1 Å². The van der Waals surface area contributed by atoms with E-state index < -0.39 is 23.6 Å². The van der Waals surface area contributed by atoms with Gasteiger partial charge in [-0.05, 0) is 25.0 Å². The van der Waals surface area contributed by atoms with Crippen molar-refractivity contribution in [3.8, 4) is 17.3 Å². The van der Waals surface area contributed by atoms with Crippen LogP contribution in [0, 0.1) is 10.1 Å². The minimum atomic E-state index is -4.50. The highest BCUT2D eigenvalue weighted by molar-refractivity contribution is 7.17. The second-order valence-corrected chi connectivity index (χ2v) is 9.71. The van der Waals surface area contributed by atoms with Gasteiger partial charge >= 0.3 is 11.2 Å². The van der Waals surface area contributed by atoms with E-state index in [1.165, 1.54) is 30.5 Å². The predicted octanol–water partition coefficient (Wildman–Crippen LogP) is 5.56. The molecule has 0 saturated heterocycles. The fourth-order valence-corrected chi connectivity index (χ4v) is 4.93. The van der Waals surface area contributed by atoms with E-state index in [-0.39, 0.29) is 33.4 Å². The van der Waals surface area contributed by atoms with E-state index in [1.54, 1.807) is 10.9 Å². The molecule has 0 atom stereocenters. The third-order valence-corrected chi connectivity index (χ3v) is 7.02. The number of nitrogens with one attached hydrogen (secondary N) is 1. The summed E-state index contributed by atoms with van der Waals surface area (Å²) in [6, 6.07) is 5.46. The van der Waals surface area contributed by atoms with Gasteiger partial charge in [-0.25, -0.2) is 19.6 Å². The van der Waals surface area contributed by atoms with E-state index in [2.05, 4.69) is 30.1 Å². The van der Waals surface area contributed by atoms with E-state index in [0.29, 0.717) is 16.6 Å². The first-order valence-corrected chi connectivity index (χ1v) is 12.5. The number of alkyl halides is 3. The smallest absolute Gasteiger partial charge is 0.422 e. The molecular formula is C23H20F3N7O4S. The van der Waals surface area contributed by atoms with Crippen molar-refractivity contribution in [1.29, 1.82) is 0 Å². The van der Waals surface area contributed by atoms with Crippen LogP contribution in [0.25, 0.3) is 22.4 Å². The largest absolute Gasteiger partial charge is 0.468 e. The molecule has 38 heavy (non-hydrogen) atoms. The molecule has 15 heteroatoms. The summed E-state index contributed by atoms with van der Waals surface area (Å²) in [5.41, 5.74) is 0.858. The van der Waals surface area contributed by atoms with E-state index in [0.717, 1.165) is 43.4 Å². The number of hydrogen-bond donors (Lipinski definition) is 1. The maximum Gasteiger partial charge on any atom is 0.422 e. The Morgan fingerprint density at radius 1 is 1.16 bits per heavy atom. The van der Waals surface area contributed by atoms with Gasteiger partial charge in [0.15, 0.2) is 18.1 Å². The first-order chi connectivity index (χ1) is 18.2. The summed E-state index contributed by atoms with van der Waals surface area (Å²) in [5, 5.41) is 18.6. The molecule has 0 radical (unpaired) electrons. The number of amides is 1. The molecule has 4 aromatic heterocycles. The number of thiophene rings is 1. The highest BCUT2D eigenvalue weighted by Gasteiger charge is 2.29. The van der Waals surface area contributed by atoms with Crippen LogP contribution >= 0.6 is 11.3 Å². The molecule has 1 aliphatic rings. The zero-order valence-corrected chi connectivity index (χ0v) is 20.5. The lowest BCUT2D eigenvalue weighted by molar-refractivity contribution is -0.380. The van der Waals surface area contributed by atoms with Crippen LogP contribution in [0.4, 0.5) is 24.0 Å². The third-order valence-electron chi connectivity index (χ3n) is 5.98. The average molecular weight is 548 g/mol. The highest BCUT2D eigenvalue weighted by Crippen LogP contribution is 2.33. The molecule has 4 aromatic rings. The number of carbonyl (C=O) groups is 1. The van der Waals surface area contributed by atoms with Crippen LogP contribution in [0.15, 0.2) is 36.7 Å². The highest BCUT2D eigenvalue weighted by atomic mass is 32.1. The quantitative estimate of drug-likeness (QED) is 0.235. The normalized spacial score (nSPS) is 14.5. The van der Waals surface area contributed by atoms with Crippen molar-refractivity contribution in [2.45, 2.75) is 44.3 Å². The van der Waals surface area contributed by atoms with Gasteiger partial charge in [0.2, 0.25) is 5.88 Å². The zero-order chi connectivity index (χ0) is 26.9. The summed E-state index contributed by atoms with van der Waals surface area (Å²) in [6.45, 7) is -1.47. The summed E-state index contributed by atoms with van der Waals surface area (Å²) in [4.78, 5) is 36.5. The third kappa shape index (κ3) is 5.56. The van der Waals surface area contributed by atoms with E-state index >= 15 is 0 Å². The molecule has 0 aromatic carbocycles. The van der Waals surface area contributed by atoms with Crippen LogP contribution in [0.3, 0.4) is 0 Å². The molecule has 5 rings (SSSR count). The van der Waals surface area contributed by atoms with Gasteiger partial charge in [0.05, 0.1) is 27.4 Å². The summed E-state index contributed by atoms with van der Waals surface area (Å²) in [7, 11) is 0. The molecule has 1 aliphatic carbocycles. The van der Waals surface area contributed by atoms with Crippen LogP contribution in [0.1, 0.15) is 47.8 Å². The van der Waals surface area contributed by atoms with E-state index in [9.17, 15) is 28.1 Å². The number of aromatic nitrogens is 5. The molecular weight excluding hydrogens is 527 g/mol. The molecule has 4 heterocycles. The van der Waals surface area contributed by atoms with Crippen molar-refractivity contribution < 1.29 is 27.6 Å². The van der Waals surface area contributed by atoms with Crippen molar-refractivity contribution in [2.75, 3.05) is 11.9 Å². The van der Waals surface area contributed by atoms with Crippen molar-refractivity contribution in [3.05, 3.63) is 51.7 Å². The van der Waals surface area contributed by atoms with Gasteiger partial charge in [-0.1, -0.05) is 30.6 Å². The number of halogens is 3. The molecule has 0 bridgehead atoms. The minimum absolute atomic E-state index is 0.115. The van der Waals surface area contributed by atoms with Crippen molar-refractivity contribution >= 4 is 39.1 Å². The lowest BCUT2D eigenvalue weighted by Crippen LogP contribution is -2.19. The monoisotopic (exact) mass is 547 g/mol. The molecule has 1 amide bonds. The lowest BCUT2D eigenvalue weighted by atomic mass is 9.96. The molecule has 1 saturated carbocycles. The van der Waals surface area contributed by atoms with Crippen molar-refractivity contribution in [3.63, 3.8) is 0 Å². The molecule has 198 valence electrons. The number of ether oxygens (including phenoxy) is 1. The van der Waals surface area contributed by atoms with Crippen LogP contribution in [0.5, 0.6) is 5.88 Å².